The Bertz CT molecular complexity index is 628. The molecule has 0 aliphatic heterocycles. The van der Waals surface area contributed by atoms with Gasteiger partial charge in [0.2, 0.25) is 0 Å². The van der Waals surface area contributed by atoms with Crippen LogP contribution in [0, 0.1) is 0 Å². The van der Waals surface area contributed by atoms with E-state index in [-0.39, 0.29) is 5.75 Å². The zero-order valence-electron chi connectivity index (χ0n) is 10.9. The zero-order chi connectivity index (χ0) is 14.5. The molecule has 104 valence electrons. The van der Waals surface area contributed by atoms with Crippen LogP contribution in [0.15, 0.2) is 42.5 Å². The predicted octanol–water partition coefficient (Wildman–Crippen LogP) is 3.44. The summed E-state index contributed by atoms with van der Waals surface area (Å²) in [6, 6.07) is 12.0. The van der Waals surface area contributed by atoms with Crippen molar-refractivity contribution in [3.63, 3.8) is 0 Å². The fraction of sp³-hybridized carbons (Fsp3) is 0.133. The van der Waals surface area contributed by atoms with Gasteiger partial charge >= 0.3 is 5.97 Å². The molecule has 0 aliphatic carbocycles. The van der Waals surface area contributed by atoms with Crippen molar-refractivity contribution in [2.75, 3.05) is 12.4 Å². The highest BCUT2D eigenvalue weighted by molar-refractivity contribution is 6.33. The minimum atomic E-state index is -0.476. The molecule has 0 atom stereocenters. The Labute approximate surface area is 122 Å². The molecule has 0 saturated carbocycles. The van der Waals surface area contributed by atoms with Crippen molar-refractivity contribution in [2.45, 2.75) is 6.54 Å². The third-order valence-corrected chi connectivity index (χ3v) is 3.11. The van der Waals surface area contributed by atoms with Gasteiger partial charge in [0.1, 0.15) is 5.75 Å². The van der Waals surface area contributed by atoms with Crippen LogP contribution in [0.3, 0.4) is 0 Å². The van der Waals surface area contributed by atoms with E-state index in [1.807, 2.05) is 6.07 Å². The summed E-state index contributed by atoms with van der Waals surface area (Å²) in [5.41, 5.74) is 1.99. The third kappa shape index (κ3) is 3.42. The monoisotopic (exact) mass is 291 g/mol. The number of ether oxygens (including phenoxy) is 1. The number of carbonyl (C=O) groups excluding carboxylic acids is 1. The number of benzene rings is 2. The molecule has 2 aromatic rings. The Balaban J connectivity index is 2.12. The first kappa shape index (κ1) is 14.2. The van der Waals surface area contributed by atoms with E-state index in [9.17, 15) is 9.90 Å². The van der Waals surface area contributed by atoms with E-state index in [1.165, 1.54) is 7.11 Å². The van der Waals surface area contributed by atoms with Crippen molar-refractivity contribution in [3.8, 4) is 5.75 Å². The van der Waals surface area contributed by atoms with Gasteiger partial charge in [0.15, 0.2) is 0 Å². The van der Waals surface area contributed by atoms with Gasteiger partial charge in [-0.25, -0.2) is 4.79 Å². The number of halogens is 1. The average Bonchev–Trinajstić information content (AvgIpc) is 2.45. The van der Waals surface area contributed by atoms with Crippen LogP contribution < -0.4 is 5.32 Å². The van der Waals surface area contributed by atoms with Crippen LogP contribution in [0.5, 0.6) is 5.75 Å². The summed E-state index contributed by atoms with van der Waals surface area (Å²) in [5, 5.41) is 12.9. The molecular formula is C15H14ClNO3. The lowest BCUT2D eigenvalue weighted by Crippen LogP contribution is -2.04. The average molecular weight is 292 g/mol. The fourth-order valence-electron chi connectivity index (χ4n) is 1.77. The van der Waals surface area contributed by atoms with Crippen molar-refractivity contribution in [1.29, 1.82) is 0 Å². The number of hydrogen-bond acceptors (Lipinski definition) is 4. The van der Waals surface area contributed by atoms with Crippen LogP contribution in [-0.2, 0) is 11.3 Å². The molecule has 0 aliphatic rings. The van der Waals surface area contributed by atoms with E-state index < -0.39 is 5.97 Å². The summed E-state index contributed by atoms with van der Waals surface area (Å²) in [5.74, 6) is -0.258. The Kier molecular flexibility index (Phi) is 4.48. The van der Waals surface area contributed by atoms with Gasteiger partial charge in [-0.05, 0) is 35.9 Å². The number of aromatic hydroxyl groups is 1. The minimum Gasteiger partial charge on any atom is -0.508 e. The molecule has 0 bridgehead atoms. The lowest BCUT2D eigenvalue weighted by Gasteiger charge is -2.09. The maximum absolute atomic E-state index is 11.5. The largest absolute Gasteiger partial charge is 0.508 e. The molecule has 0 unspecified atom stereocenters. The van der Waals surface area contributed by atoms with Crippen molar-refractivity contribution in [2.24, 2.45) is 0 Å². The van der Waals surface area contributed by atoms with Crippen molar-refractivity contribution < 1.29 is 14.6 Å². The molecule has 0 fully saturated rings. The highest BCUT2D eigenvalue weighted by Crippen LogP contribution is 2.22. The number of rotatable bonds is 4. The molecule has 0 heterocycles. The first-order valence-electron chi connectivity index (χ1n) is 6.00. The molecule has 0 radical (unpaired) electrons. The highest BCUT2D eigenvalue weighted by atomic mass is 35.5. The van der Waals surface area contributed by atoms with Crippen LogP contribution in [0.25, 0.3) is 0 Å². The molecule has 2 N–H and O–H groups in total. The van der Waals surface area contributed by atoms with Gasteiger partial charge in [0.25, 0.3) is 0 Å². The second-order valence-electron chi connectivity index (χ2n) is 4.21. The topological polar surface area (TPSA) is 58.6 Å². The second kappa shape index (κ2) is 6.30. The first-order valence-corrected chi connectivity index (χ1v) is 6.37. The van der Waals surface area contributed by atoms with E-state index in [0.717, 1.165) is 11.3 Å². The van der Waals surface area contributed by atoms with Crippen molar-refractivity contribution in [3.05, 3.63) is 58.6 Å². The number of phenols is 1. The van der Waals surface area contributed by atoms with Crippen LogP contribution in [0.1, 0.15) is 15.9 Å². The Hall–Kier alpha value is -2.20. The normalized spacial score (nSPS) is 10.1. The second-order valence-corrected chi connectivity index (χ2v) is 4.62. The Morgan fingerprint density at radius 1 is 1.30 bits per heavy atom. The zero-order valence-corrected chi connectivity index (χ0v) is 11.6. The van der Waals surface area contributed by atoms with Crippen molar-refractivity contribution >= 4 is 23.3 Å². The molecule has 5 heteroatoms. The van der Waals surface area contributed by atoms with Crippen LogP contribution in [0.2, 0.25) is 5.02 Å². The number of carbonyl (C=O) groups is 1. The Morgan fingerprint density at radius 3 is 2.80 bits per heavy atom. The fourth-order valence-corrected chi connectivity index (χ4v) is 1.97. The lowest BCUT2D eigenvalue weighted by molar-refractivity contribution is 0.0601. The number of esters is 1. The number of anilines is 1. The lowest BCUT2D eigenvalue weighted by atomic mass is 10.1. The SMILES string of the molecule is COC(=O)c1cc(NCc2cccc(O)c2)ccc1Cl. The van der Waals surface area contributed by atoms with E-state index in [4.69, 9.17) is 11.6 Å². The smallest absolute Gasteiger partial charge is 0.339 e. The summed E-state index contributed by atoms with van der Waals surface area (Å²) in [4.78, 5) is 11.5. The van der Waals surface area contributed by atoms with Gasteiger partial charge in [-0.2, -0.15) is 0 Å². The van der Waals surface area contributed by atoms with E-state index in [0.29, 0.717) is 17.1 Å². The third-order valence-electron chi connectivity index (χ3n) is 2.78. The van der Waals surface area contributed by atoms with Gasteiger partial charge in [0.05, 0.1) is 17.7 Å². The van der Waals surface area contributed by atoms with E-state index >= 15 is 0 Å². The molecular weight excluding hydrogens is 278 g/mol. The molecule has 20 heavy (non-hydrogen) atoms. The van der Waals surface area contributed by atoms with Crippen LogP contribution in [0.4, 0.5) is 5.69 Å². The van der Waals surface area contributed by atoms with Gasteiger partial charge < -0.3 is 15.2 Å². The van der Waals surface area contributed by atoms with E-state index in [2.05, 4.69) is 10.1 Å². The maximum atomic E-state index is 11.5. The minimum absolute atomic E-state index is 0.218. The molecule has 4 nitrogen and oxygen atoms in total. The number of methoxy groups -OCH3 is 1. The number of hydrogen-bond donors (Lipinski definition) is 2. The number of phenolic OH excluding ortho intramolecular Hbond substituents is 1. The summed E-state index contributed by atoms with van der Waals surface area (Å²) < 4.78 is 4.67. The van der Waals surface area contributed by atoms with Crippen LogP contribution in [-0.4, -0.2) is 18.2 Å². The molecule has 0 amide bonds. The van der Waals surface area contributed by atoms with Gasteiger partial charge in [-0.1, -0.05) is 23.7 Å². The number of nitrogens with one attached hydrogen (secondary N) is 1. The summed E-state index contributed by atoms with van der Waals surface area (Å²) in [6.07, 6.45) is 0. The molecule has 0 saturated heterocycles. The quantitative estimate of drug-likeness (QED) is 0.847. The Morgan fingerprint density at radius 2 is 2.10 bits per heavy atom. The van der Waals surface area contributed by atoms with E-state index in [1.54, 1.807) is 36.4 Å². The van der Waals surface area contributed by atoms with Gasteiger partial charge in [-0.15, -0.1) is 0 Å². The van der Waals surface area contributed by atoms with Gasteiger partial charge in [-0.3, -0.25) is 0 Å². The highest BCUT2D eigenvalue weighted by Gasteiger charge is 2.11. The first-order chi connectivity index (χ1) is 9.60. The summed E-state index contributed by atoms with van der Waals surface area (Å²) in [6.45, 7) is 0.524. The van der Waals surface area contributed by atoms with Crippen LogP contribution >= 0.6 is 11.6 Å². The summed E-state index contributed by atoms with van der Waals surface area (Å²) in [7, 11) is 1.31. The standard InChI is InChI=1S/C15H14ClNO3/c1-20-15(19)13-8-11(5-6-14(13)16)17-9-10-3-2-4-12(18)7-10/h2-8,17-18H,9H2,1H3. The molecule has 0 spiro atoms. The molecule has 0 aromatic heterocycles. The molecule has 2 aromatic carbocycles. The molecule has 2 rings (SSSR count). The van der Waals surface area contributed by atoms with Crippen molar-refractivity contribution in [1.82, 2.24) is 0 Å². The maximum Gasteiger partial charge on any atom is 0.339 e. The predicted molar refractivity (Wildman–Crippen MR) is 78.2 cm³/mol. The van der Waals surface area contributed by atoms with Gasteiger partial charge in [0, 0.05) is 12.2 Å². The summed E-state index contributed by atoms with van der Waals surface area (Å²) >= 11 is 5.95.